The molecule has 2 aromatic rings. The number of fused-ring (bicyclic) bond motifs is 1. The maximum Gasteiger partial charge on any atom is 0.346 e. The van der Waals surface area contributed by atoms with Crippen LogP contribution in [0, 0.1) is 0 Å². The standard InChI is InChI=1S/C12H9BrN2O3S/c13-10-6-19-12(14-10)15-5-9(11(16)17)18-8-4-2-1-3-7(8)15/h1-4,6,9H,5H2,(H,16,17). The smallest absolute Gasteiger partial charge is 0.346 e. The molecule has 1 unspecified atom stereocenters. The number of benzene rings is 1. The van der Waals surface area contributed by atoms with E-state index in [9.17, 15) is 4.79 Å². The molecule has 1 aromatic carbocycles. The minimum atomic E-state index is -0.977. The molecule has 0 bridgehead atoms. The van der Waals surface area contributed by atoms with E-state index in [1.54, 1.807) is 6.07 Å². The van der Waals surface area contributed by atoms with Crippen LogP contribution in [-0.2, 0) is 4.79 Å². The Bertz CT molecular complexity index is 631. The molecule has 0 amide bonds. The van der Waals surface area contributed by atoms with Gasteiger partial charge in [0.05, 0.1) is 12.2 Å². The van der Waals surface area contributed by atoms with Crippen LogP contribution in [0.25, 0.3) is 0 Å². The molecule has 2 heterocycles. The van der Waals surface area contributed by atoms with Crippen molar-refractivity contribution >= 4 is 44.1 Å². The van der Waals surface area contributed by atoms with Gasteiger partial charge in [-0.15, -0.1) is 11.3 Å². The third-order valence-electron chi connectivity index (χ3n) is 2.74. The first kappa shape index (κ1) is 12.4. The largest absolute Gasteiger partial charge is 0.478 e. The highest BCUT2D eigenvalue weighted by molar-refractivity contribution is 9.10. The molecule has 0 saturated carbocycles. The second-order valence-corrected chi connectivity index (χ2v) is 5.62. The summed E-state index contributed by atoms with van der Waals surface area (Å²) in [5, 5.41) is 11.8. The lowest BCUT2D eigenvalue weighted by Gasteiger charge is -2.32. The average Bonchev–Trinajstić information content (AvgIpc) is 2.84. The van der Waals surface area contributed by atoms with Crippen molar-refractivity contribution in [3.05, 3.63) is 34.2 Å². The van der Waals surface area contributed by atoms with E-state index < -0.39 is 12.1 Å². The quantitative estimate of drug-likeness (QED) is 0.910. The summed E-state index contributed by atoms with van der Waals surface area (Å²) >= 11 is 4.76. The van der Waals surface area contributed by atoms with Crippen LogP contribution in [0.4, 0.5) is 10.8 Å². The number of thiazole rings is 1. The molecule has 7 heteroatoms. The van der Waals surface area contributed by atoms with Gasteiger partial charge in [0.2, 0.25) is 6.10 Å². The van der Waals surface area contributed by atoms with E-state index >= 15 is 0 Å². The number of rotatable bonds is 2. The Morgan fingerprint density at radius 2 is 2.32 bits per heavy atom. The van der Waals surface area contributed by atoms with E-state index in [2.05, 4.69) is 20.9 Å². The van der Waals surface area contributed by atoms with E-state index in [-0.39, 0.29) is 6.54 Å². The number of aromatic nitrogens is 1. The number of ether oxygens (including phenoxy) is 1. The molecule has 1 aromatic heterocycles. The predicted octanol–water partition coefficient (Wildman–Crippen LogP) is 2.89. The second kappa shape index (κ2) is 4.82. The zero-order chi connectivity index (χ0) is 13.4. The lowest BCUT2D eigenvalue weighted by atomic mass is 10.2. The number of aliphatic carboxylic acids is 1. The summed E-state index contributed by atoms with van der Waals surface area (Å²) in [5.41, 5.74) is 0.835. The molecule has 19 heavy (non-hydrogen) atoms. The SMILES string of the molecule is O=C(O)C1CN(c2nc(Br)cs2)c2ccccc2O1. The Labute approximate surface area is 121 Å². The van der Waals surface area contributed by atoms with E-state index in [1.165, 1.54) is 11.3 Å². The number of halogens is 1. The Balaban J connectivity index is 2.05. The number of carboxylic acid groups (broad SMARTS) is 1. The number of carbonyl (C=O) groups is 1. The zero-order valence-corrected chi connectivity index (χ0v) is 12.0. The van der Waals surface area contributed by atoms with Crippen LogP contribution in [0.15, 0.2) is 34.2 Å². The molecule has 0 spiro atoms. The molecule has 0 fully saturated rings. The summed E-state index contributed by atoms with van der Waals surface area (Å²) in [4.78, 5) is 17.4. The number of hydrogen-bond donors (Lipinski definition) is 1. The summed E-state index contributed by atoms with van der Waals surface area (Å²) in [7, 11) is 0. The molecule has 0 aliphatic carbocycles. The molecule has 1 aliphatic heterocycles. The van der Waals surface area contributed by atoms with Crippen LogP contribution in [0.3, 0.4) is 0 Å². The molecule has 98 valence electrons. The number of anilines is 2. The van der Waals surface area contributed by atoms with Crippen molar-refractivity contribution in [1.29, 1.82) is 0 Å². The van der Waals surface area contributed by atoms with Crippen molar-refractivity contribution in [3.63, 3.8) is 0 Å². The topological polar surface area (TPSA) is 62.7 Å². The van der Waals surface area contributed by atoms with Crippen LogP contribution in [-0.4, -0.2) is 28.7 Å². The van der Waals surface area contributed by atoms with E-state index in [0.29, 0.717) is 5.75 Å². The Morgan fingerprint density at radius 1 is 1.53 bits per heavy atom. The first-order chi connectivity index (χ1) is 9.15. The Kier molecular flexibility index (Phi) is 3.16. The molecule has 3 rings (SSSR count). The Morgan fingerprint density at radius 3 is 3.00 bits per heavy atom. The molecule has 5 nitrogen and oxygen atoms in total. The third kappa shape index (κ3) is 2.31. The lowest BCUT2D eigenvalue weighted by molar-refractivity contribution is -0.144. The fraction of sp³-hybridized carbons (Fsp3) is 0.167. The van der Waals surface area contributed by atoms with Gasteiger partial charge in [0.25, 0.3) is 0 Å². The second-order valence-electron chi connectivity index (χ2n) is 3.98. The lowest BCUT2D eigenvalue weighted by Crippen LogP contribution is -2.42. The summed E-state index contributed by atoms with van der Waals surface area (Å²) in [5.74, 6) is -0.414. The highest BCUT2D eigenvalue weighted by Crippen LogP contribution is 2.39. The van der Waals surface area contributed by atoms with Gasteiger partial charge in [0.1, 0.15) is 10.4 Å². The number of carboxylic acids is 1. The maximum absolute atomic E-state index is 11.2. The van der Waals surface area contributed by atoms with E-state index in [0.717, 1.165) is 15.4 Å². The third-order valence-corrected chi connectivity index (χ3v) is 4.32. The van der Waals surface area contributed by atoms with Gasteiger partial charge >= 0.3 is 5.97 Å². The first-order valence-corrected chi connectivity index (χ1v) is 7.19. The molecule has 0 saturated heterocycles. The van der Waals surface area contributed by atoms with E-state index in [1.807, 2.05) is 28.5 Å². The summed E-state index contributed by atoms with van der Waals surface area (Å²) in [6.07, 6.45) is -0.891. The minimum absolute atomic E-state index is 0.242. The summed E-state index contributed by atoms with van der Waals surface area (Å²) < 4.78 is 6.22. The normalized spacial score (nSPS) is 17.7. The first-order valence-electron chi connectivity index (χ1n) is 5.52. The molecule has 1 N–H and O–H groups in total. The molecule has 0 radical (unpaired) electrons. The van der Waals surface area contributed by atoms with Gasteiger partial charge in [-0.05, 0) is 28.1 Å². The fourth-order valence-electron chi connectivity index (χ4n) is 1.91. The van der Waals surface area contributed by atoms with Crippen molar-refractivity contribution in [1.82, 2.24) is 4.98 Å². The highest BCUT2D eigenvalue weighted by atomic mass is 79.9. The van der Waals surface area contributed by atoms with Gasteiger partial charge in [-0.3, -0.25) is 0 Å². The monoisotopic (exact) mass is 340 g/mol. The molecular weight excluding hydrogens is 332 g/mol. The van der Waals surface area contributed by atoms with E-state index in [4.69, 9.17) is 9.84 Å². The van der Waals surface area contributed by atoms with Gasteiger partial charge in [0.15, 0.2) is 5.13 Å². The van der Waals surface area contributed by atoms with Gasteiger partial charge in [-0.1, -0.05) is 12.1 Å². The molecular formula is C12H9BrN2O3S. The van der Waals surface area contributed by atoms with Crippen molar-refractivity contribution in [2.24, 2.45) is 0 Å². The fourth-order valence-corrected chi connectivity index (χ4v) is 3.19. The summed E-state index contributed by atoms with van der Waals surface area (Å²) in [6.45, 7) is 0.242. The maximum atomic E-state index is 11.2. The van der Waals surface area contributed by atoms with Gasteiger partial charge < -0.3 is 14.7 Å². The summed E-state index contributed by atoms with van der Waals surface area (Å²) in [6, 6.07) is 7.36. The van der Waals surface area contributed by atoms with Crippen LogP contribution in [0.2, 0.25) is 0 Å². The van der Waals surface area contributed by atoms with Gasteiger partial charge in [-0.2, -0.15) is 0 Å². The van der Waals surface area contributed by atoms with Crippen molar-refractivity contribution in [3.8, 4) is 5.75 Å². The number of hydrogen-bond acceptors (Lipinski definition) is 5. The van der Waals surface area contributed by atoms with Gasteiger partial charge in [0, 0.05) is 5.38 Å². The predicted molar refractivity (Wildman–Crippen MR) is 75.3 cm³/mol. The van der Waals surface area contributed by atoms with Crippen molar-refractivity contribution in [2.75, 3.05) is 11.4 Å². The highest BCUT2D eigenvalue weighted by Gasteiger charge is 2.32. The van der Waals surface area contributed by atoms with Crippen LogP contribution in [0.1, 0.15) is 0 Å². The number of nitrogens with zero attached hydrogens (tertiary/aromatic N) is 2. The number of para-hydroxylation sites is 2. The van der Waals surface area contributed by atoms with Crippen molar-refractivity contribution in [2.45, 2.75) is 6.10 Å². The van der Waals surface area contributed by atoms with Crippen LogP contribution >= 0.6 is 27.3 Å². The molecule has 1 atom stereocenters. The van der Waals surface area contributed by atoms with Crippen LogP contribution in [0.5, 0.6) is 5.75 Å². The minimum Gasteiger partial charge on any atom is -0.478 e. The Hall–Kier alpha value is -1.60. The average molecular weight is 341 g/mol. The van der Waals surface area contributed by atoms with Crippen LogP contribution < -0.4 is 9.64 Å². The van der Waals surface area contributed by atoms with Gasteiger partial charge in [-0.25, -0.2) is 9.78 Å². The van der Waals surface area contributed by atoms with Crippen molar-refractivity contribution < 1.29 is 14.6 Å². The molecule has 1 aliphatic rings. The zero-order valence-electron chi connectivity index (χ0n) is 9.62.